The van der Waals surface area contributed by atoms with Crippen molar-refractivity contribution in [2.75, 3.05) is 31.1 Å². The van der Waals surface area contributed by atoms with Crippen molar-refractivity contribution >= 4 is 11.5 Å². The number of hydrogen-bond donors (Lipinski definition) is 0. The number of rotatable bonds is 3. The summed E-state index contributed by atoms with van der Waals surface area (Å²) in [6, 6.07) is 11.0. The Morgan fingerprint density at radius 2 is 2.08 bits per heavy atom. The number of ether oxygens (including phenoxy) is 1. The lowest BCUT2D eigenvalue weighted by molar-refractivity contribution is -0.0499. The molecule has 0 radical (unpaired) electrons. The monoisotopic (exact) mass is 336 g/mol. The van der Waals surface area contributed by atoms with Crippen molar-refractivity contribution in [2.24, 2.45) is 0 Å². The lowest BCUT2D eigenvalue weighted by Crippen LogP contribution is -2.50. The fourth-order valence-electron chi connectivity index (χ4n) is 3.91. The van der Waals surface area contributed by atoms with E-state index in [9.17, 15) is 0 Å². The van der Waals surface area contributed by atoms with Gasteiger partial charge in [0.15, 0.2) is 5.82 Å². The van der Waals surface area contributed by atoms with Gasteiger partial charge in [0, 0.05) is 38.6 Å². The summed E-state index contributed by atoms with van der Waals surface area (Å²) in [7, 11) is 0. The van der Waals surface area contributed by atoms with Crippen molar-refractivity contribution in [3.63, 3.8) is 0 Å². The van der Waals surface area contributed by atoms with Crippen molar-refractivity contribution in [3.8, 4) is 0 Å². The Bertz CT molecular complexity index is 866. The molecule has 2 aliphatic heterocycles. The molecule has 2 aliphatic rings. The molecule has 0 saturated carbocycles. The minimum atomic E-state index is 0.211. The molecule has 2 aromatic heterocycles. The van der Waals surface area contributed by atoms with Crippen LogP contribution < -0.4 is 4.90 Å². The predicted molar refractivity (Wildman–Crippen MR) is 93.4 cm³/mol. The minimum Gasteiger partial charge on any atom is -0.373 e. The maximum absolute atomic E-state index is 6.06. The summed E-state index contributed by atoms with van der Waals surface area (Å²) in [6.07, 6.45) is 5.60. The topological polar surface area (TPSA) is 58.8 Å². The summed E-state index contributed by atoms with van der Waals surface area (Å²) in [5.41, 5.74) is 2.15. The molecule has 0 aliphatic carbocycles. The van der Waals surface area contributed by atoms with E-state index in [1.807, 2.05) is 10.6 Å². The first kappa shape index (κ1) is 14.8. The van der Waals surface area contributed by atoms with Crippen LogP contribution in [0, 0.1) is 0 Å². The highest BCUT2D eigenvalue weighted by Crippen LogP contribution is 2.28. The number of hydrogen-bond acceptors (Lipinski definition) is 6. The van der Waals surface area contributed by atoms with Gasteiger partial charge in [-0.15, -0.1) is 10.2 Å². The molecule has 0 spiro atoms. The van der Waals surface area contributed by atoms with Gasteiger partial charge in [-0.3, -0.25) is 9.30 Å². The van der Waals surface area contributed by atoms with E-state index in [0.29, 0.717) is 6.04 Å². The van der Waals surface area contributed by atoms with E-state index in [0.717, 1.165) is 44.3 Å². The molecule has 2 atom stereocenters. The number of benzene rings is 1. The van der Waals surface area contributed by atoms with E-state index >= 15 is 0 Å². The SMILES string of the molecule is c1ccc(CN2CCOC3CN(c4nccn5cnnc45)CC32)cc1. The van der Waals surface area contributed by atoms with Gasteiger partial charge in [0.1, 0.15) is 6.33 Å². The van der Waals surface area contributed by atoms with Crippen LogP contribution in [0.15, 0.2) is 49.1 Å². The van der Waals surface area contributed by atoms with Gasteiger partial charge in [-0.05, 0) is 5.56 Å². The van der Waals surface area contributed by atoms with Gasteiger partial charge in [-0.1, -0.05) is 30.3 Å². The fourth-order valence-corrected chi connectivity index (χ4v) is 3.91. The van der Waals surface area contributed by atoms with Crippen LogP contribution in [-0.4, -0.2) is 62.9 Å². The van der Waals surface area contributed by atoms with E-state index in [1.165, 1.54) is 5.56 Å². The largest absolute Gasteiger partial charge is 0.373 e. The van der Waals surface area contributed by atoms with E-state index in [2.05, 4.69) is 55.3 Å². The van der Waals surface area contributed by atoms with Crippen molar-refractivity contribution in [1.29, 1.82) is 0 Å². The molecule has 1 aromatic carbocycles. The zero-order valence-electron chi connectivity index (χ0n) is 13.9. The zero-order valence-corrected chi connectivity index (χ0v) is 13.9. The van der Waals surface area contributed by atoms with Gasteiger partial charge in [0.2, 0.25) is 5.65 Å². The van der Waals surface area contributed by atoms with Crippen LogP contribution in [0.2, 0.25) is 0 Å². The van der Waals surface area contributed by atoms with E-state index in [1.54, 1.807) is 12.5 Å². The summed E-state index contributed by atoms with van der Waals surface area (Å²) in [5, 5.41) is 8.22. The van der Waals surface area contributed by atoms with Crippen LogP contribution in [0.5, 0.6) is 0 Å². The first-order chi connectivity index (χ1) is 12.4. The second kappa shape index (κ2) is 6.09. The van der Waals surface area contributed by atoms with Crippen molar-refractivity contribution < 1.29 is 4.74 Å². The Balaban J connectivity index is 1.39. The molecule has 2 unspecified atom stereocenters. The minimum absolute atomic E-state index is 0.211. The van der Waals surface area contributed by atoms with Crippen molar-refractivity contribution in [1.82, 2.24) is 24.5 Å². The van der Waals surface area contributed by atoms with Gasteiger partial charge >= 0.3 is 0 Å². The molecule has 2 saturated heterocycles. The zero-order chi connectivity index (χ0) is 16.6. The van der Waals surface area contributed by atoms with E-state index in [-0.39, 0.29) is 6.10 Å². The lowest BCUT2D eigenvalue weighted by atomic mass is 10.1. The van der Waals surface area contributed by atoms with Crippen molar-refractivity contribution in [2.45, 2.75) is 18.7 Å². The van der Waals surface area contributed by atoms with Gasteiger partial charge in [0.05, 0.1) is 18.8 Å². The molecule has 25 heavy (non-hydrogen) atoms. The third-order valence-electron chi connectivity index (χ3n) is 5.14. The van der Waals surface area contributed by atoms with E-state index < -0.39 is 0 Å². The average molecular weight is 336 g/mol. The van der Waals surface area contributed by atoms with Crippen LogP contribution in [0.25, 0.3) is 5.65 Å². The molecule has 4 heterocycles. The van der Waals surface area contributed by atoms with Crippen LogP contribution >= 0.6 is 0 Å². The Hall–Kier alpha value is -2.51. The summed E-state index contributed by atoms with van der Waals surface area (Å²) >= 11 is 0. The summed E-state index contributed by atoms with van der Waals surface area (Å²) < 4.78 is 7.97. The molecule has 3 aromatic rings. The number of anilines is 1. The molecule has 7 nitrogen and oxygen atoms in total. The normalized spacial score (nSPS) is 23.9. The van der Waals surface area contributed by atoms with Crippen LogP contribution in [-0.2, 0) is 11.3 Å². The number of aromatic nitrogens is 4. The number of morpholine rings is 1. The highest BCUT2D eigenvalue weighted by atomic mass is 16.5. The maximum atomic E-state index is 6.06. The van der Waals surface area contributed by atoms with Crippen LogP contribution in [0.4, 0.5) is 5.82 Å². The highest BCUT2D eigenvalue weighted by Gasteiger charge is 2.41. The molecular weight excluding hydrogens is 316 g/mol. The Kier molecular flexibility index (Phi) is 3.61. The van der Waals surface area contributed by atoms with Gasteiger partial charge < -0.3 is 9.64 Å². The molecule has 7 heteroatoms. The van der Waals surface area contributed by atoms with Gasteiger partial charge in [0.25, 0.3) is 0 Å². The lowest BCUT2D eigenvalue weighted by Gasteiger charge is -2.36. The Labute approximate surface area is 145 Å². The second-order valence-electron chi connectivity index (χ2n) is 6.65. The molecule has 0 bridgehead atoms. The van der Waals surface area contributed by atoms with E-state index in [4.69, 9.17) is 4.74 Å². The third kappa shape index (κ3) is 2.65. The van der Waals surface area contributed by atoms with Crippen LogP contribution in [0.1, 0.15) is 5.56 Å². The highest BCUT2D eigenvalue weighted by molar-refractivity contribution is 5.64. The quantitative estimate of drug-likeness (QED) is 0.717. The maximum Gasteiger partial charge on any atom is 0.203 e. The van der Waals surface area contributed by atoms with Crippen molar-refractivity contribution in [3.05, 3.63) is 54.6 Å². The third-order valence-corrected chi connectivity index (χ3v) is 5.14. The number of nitrogens with zero attached hydrogens (tertiary/aromatic N) is 6. The first-order valence-electron chi connectivity index (χ1n) is 8.67. The summed E-state index contributed by atoms with van der Waals surface area (Å²) in [5.74, 6) is 0.887. The molecule has 128 valence electrons. The molecule has 5 rings (SSSR count). The first-order valence-corrected chi connectivity index (χ1v) is 8.67. The second-order valence-corrected chi connectivity index (χ2v) is 6.65. The van der Waals surface area contributed by atoms with Gasteiger partial charge in [-0.2, -0.15) is 0 Å². The Morgan fingerprint density at radius 3 is 3.00 bits per heavy atom. The standard InChI is InChI=1S/C18H20N6O/c1-2-4-14(5-3-1)10-22-8-9-25-16-12-24(11-15(16)22)17-18-21-20-13-23(18)7-6-19-17/h1-7,13,15-16H,8-12H2. The molecule has 0 N–H and O–H groups in total. The predicted octanol–water partition coefficient (Wildman–Crippen LogP) is 1.21. The molecular formula is C18H20N6O. The summed E-state index contributed by atoms with van der Waals surface area (Å²) in [4.78, 5) is 9.37. The summed E-state index contributed by atoms with van der Waals surface area (Å²) in [6.45, 7) is 4.45. The smallest absolute Gasteiger partial charge is 0.203 e. The van der Waals surface area contributed by atoms with Gasteiger partial charge in [-0.25, -0.2) is 4.98 Å². The molecule has 2 fully saturated rings. The average Bonchev–Trinajstić information content (AvgIpc) is 3.29. The van der Waals surface area contributed by atoms with Crippen LogP contribution in [0.3, 0.4) is 0 Å². The molecule has 0 amide bonds. The number of fused-ring (bicyclic) bond motifs is 2. The fraction of sp³-hybridized carbons (Fsp3) is 0.389. The Morgan fingerprint density at radius 1 is 1.16 bits per heavy atom.